The van der Waals surface area contributed by atoms with Crippen molar-refractivity contribution in [1.82, 2.24) is 4.90 Å². The van der Waals surface area contributed by atoms with Crippen molar-refractivity contribution in [1.29, 1.82) is 0 Å². The van der Waals surface area contributed by atoms with Gasteiger partial charge in [0.2, 0.25) is 0 Å². The summed E-state index contributed by atoms with van der Waals surface area (Å²) in [7, 11) is 0. The molecule has 1 N–H and O–H groups in total. The lowest BCUT2D eigenvalue weighted by atomic mass is 9.89. The summed E-state index contributed by atoms with van der Waals surface area (Å²) in [5.74, 6) is -1.31. The largest absolute Gasteiger partial charge is 0.478 e. The summed E-state index contributed by atoms with van der Waals surface area (Å²) in [6.07, 6.45) is 2.41. The summed E-state index contributed by atoms with van der Waals surface area (Å²) < 4.78 is 27.0. The number of benzene rings is 2. The number of carboxylic acid groups (broad SMARTS) is 1. The molecule has 1 saturated heterocycles. The standard InChI is InChI=1S/C20H21F2NO2/c21-18-4-5-19(22)17(12-18)10-14-6-8-23(9-7-14)13-15-2-1-3-16(11-15)20(24)25/h1-5,11-12,14H,6-10,13H2,(H,24,25). The highest BCUT2D eigenvalue weighted by molar-refractivity contribution is 5.87. The Morgan fingerprint density at radius 2 is 1.88 bits per heavy atom. The van der Waals surface area contributed by atoms with Crippen molar-refractivity contribution in [3.8, 4) is 0 Å². The number of carboxylic acids is 1. The fourth-order valence-electron chi connectivity index (χ4n) is 3.42. The Bertz CT molecular complexity index is 755. The molecule has 0 aromatic heterocycles. The molecule has 5 heteroatoms. The molecule has 2 aromatic rings. The molecule has 0 unspecified atom stereocenters. The zero-order valence-electron chi connectivity index (χ0n) is 13.9. The summed E-state index contributed by atoms with van der Waals surface area (Å²) in [4.78, 5) is 13.3. The van der Waals surface area contributed by atoms with Gasteiger partial charge in [-0.3, -0.25) is 4.90 Å². The number of halogens is 2. The van der Waals surface area contributed by atoms with Gasteiger partial charge in [0.05, 0.1) is 5.56 Å². The number of rotatable bonds is 5. The smallest absolute Gasteiger partial charge is 0.335 e. The van der Waals surface area contributed by atoms with Crippen LogP contribution in [0.25, 0.3) is 0 Å². The molecule has 3 nitrogen and oxygen atoms in total. The van der Waals surface area contributed by atoms with Gasteiger partial charge in [-0.1, -0.05) is 12.1 Å². The van der Waals surface area contributed by atoms with E-state index in [0.29, 0.717) is 30.0 Å². The lowest BCUT2D eigenvalue weighted by molar-refractivity contribution is 0.0696. The van der Waals surface area contributed by atoms with Crippen molar-refractivity contribution in [2.24, 2.45) is 5.92 Å². The van der Waals surface area contributed by atoms with E-state index in [2.05, 4.69) is 4.90 Å². The second-order valence-electron chi connectivity index (χ2n) is 6.66. The summed E-state index contributed by atoms with van der Waals surface area (Å²) in [6.45, 7) is 2.46. The Labute approximate surface area is 145 Å². The third-order valence-corrected chi connectivity index (χ3v) is 4.80. The molecule has 1 heterocycles. The Hall–Kier alpha value is -2.27. The Morgan fingerprint density at radius 1 is 1.12 bits per heavy atom. The first-order valence-corrected chi connectivity index (χ1v) is 8.50. The van der Waals surface area contributed by atoms with Gasteiger partial charge >= 0.3 is 5.97 Å². The van der Waals surface area contributed by atoms with Crippen LogP contribution in [0.3, 0.4) is 0 Å². The lowest BCUT2D eigenvalue weighted by Crippen LogP contribution is -2.34. The van der Waals surface area contributed by atoms with Gasteiger partial charge in [0.15, 0.2) is 0 Å². The van der Waals surface area contributed by atoms with Crippen LogP contribution in [0.4, 0.5) is 8.78 Å². The Kier molecular flexibility index (Phi) is 5.43. The van der Waals surface area contributed by atoms with Crippen molar-refractivity contribution in [3.05, 3.63) is 70.8 Å². The van der Waals surface area contributed by atoms with E-state index < -0.39 is 11.8 Å². The maximum atomic E-state index is 13.8. The Morgan fingerprint density at radius 3 is 2.60 bits per heavy atom. The van der Waals surface area contributed by atoms with E-state index in [-0.39, 0.29) is 5.82 Å². The third-order valence-electron chi connectivity index (χ3n) is 4.80. The number of likely N-dealkylation sites (tertiary alicyclic amines) is 1. The van der Waals surface area contributed by atoms with Gasteiger partial charge in [0, 0.05) is 6.54 Å². The van der Waals surface area contributed by atoms with Gasteiger partial charge in [-0.25, -0.2) is 13.6 Å². The van der Waals surface area contributed by atoms with Crippen molar-refractivity contribution in [2.75, 3.05) is 13.1 Å². The fourth-order valence-corrected chi connectivity index (χ4v) is 3.42. The zero-order valence-corrected chi connectivity index (χ0v) is 13.9. The molecule has 0 spiro atoms. The highest BCUT2D eigenvalue weighted by atomic mass is 19.1. The molecule has 0 bridgehead atoms. The minimum absolute atomic E-state index is 0.300. The van der Waals surface area contributed by atoms with Gasteiger partial charge in [0.25, 0.3) is 0 Å². The van der Waals surface area contributed by atoms with Gasteiger partial charge < -0.3 is 5.11 Å². The van der Waals surface area contributed by atoms with E-state index in [0.717, 1.165) is 37.6 Å². The minimum Gasteiger partial charge on any atom is -0.478 e. The van der Waals surface area contributed by atoms with Crippen LogP contribution in [0.1, 0.15) is 34.3 Å². The van der Waals surface area contributed by atoms with Crippen molar-refractivity contribution in [2.45, 2.75) is 25.8 Å². The van der Waals surface area contributed by atoms with Crippen LogP contribution >= 0.6 is 0 Å². The summed E-state index contributed by atoms with van der Waals surface area (Å²) in [5, 5.41) is 9.06. The van der Waals surface area contributed by atoms with Crippen LogP contribution in [0.5, 0.6) is 0 Å². The summed E-state index contributed by atoms with van der Waals surface area (Å²) in [5.41, 5.74) is 1.73. The zero-order chi connectivity index (χ0) is 17.8. The third kappa shape index (κ3) is 4.63. The molecule has 1 fully saturated rings. The first kappa shape index (κ1) is 17.5. The molecule has 0 amide bonds. The van der Waals surface area contributed by atoms with Gasteiger partial charge in [-0.2, -0.15) is 0 Å². The van der Waals surface area contributed by atoms with E-state index in [9.17, 15) is 13.6 Å². The maximum absolute atomic E-state index is 13.8. The van der Waals surface area contributed by atoms with Crippen LogP contribution in [0.15, 0.2) is 42.5 Å². The van der Waals surface area contributed by atoms with E-state index >= 15 is 0 Å². The topological polar surface area (TPSA) is 40.5 Å². The van der Waals surface area contributed by atoms with Crippen LogP contribution < -0.4 is 0 Å². The molecule has 0 saturated carbocycles. The second kappa shape index (κ2) is 7.74. The highest BCUT2D eigenvalue weighted by Gasteiger charge is 2.21. The SMILES string of the molecule is O=C(O)c1cccc(CN2CCC(Cc3cc(F)ccc3F)CC2)c1. The van der Waals surface area contributed by atoms with Crippen LogP contribution in [0.2, 0.25) is 0 Å². The number of hydrogen-bond acceptors (Lipinski definition) is 2. The van der Waals surface area contributed by atoms with E-state index in [1.54, 1.807) is 18.2 Å². The molecule has 25 heavy (non-hydrogen) atoms. The monoisotopic (exact) mass is 345 g/mol. The van der Waals surface area contributed by atoms with Crippen molar-refractivity contribution < 1.29 is 18.7 Å². The molecule has 0 atom stereocenters. The molecular weight excluding hydrogens is 324 g/mol. The van der Waals surface area contributed by atoms with Gasteiger partial charge in [0.1, 0.15) is 11.6 Å². The molecule has 2 aromatic carbocycles. The minimum atomic E-state index is -0.919. The second-order valence-corrected chi connectivity index (χ2v) is 6.66. The number of carbonyl (C=O) groups is 1. The Balaban J connectivity index is 1.54. The maximum Gasteiger partial charge on any atom is 0.335 e. The van der Waals surface area contributed by atoms with Gasteiger partial charge in [-0.15, -0.1) is 0 Å². The summed E-state index contributed by atoms with van der Waals surface area (Å²) in [6, 6.07) is 10.6. The normalized spacial score (nSPS) is 16.1. The van der Waals surface area contributed by atoms with E-state index in [1.165, 1.54) is 12.1 Å². The number of hydrogen-bond donors (Lipinski definition) is 1. The van der Waals surface area contributed by atoms with E-state index in [4.69, 9.17) is 5.11 Å². The first-order valence-electron chi connectivity index (χ1n) is 8.50. The molecule has 3 rings (SSSR count). The van der Waals surface area contributed by atoms with Crippen molar-refractivity contribution >= 4 is 5.97 Å². The molecular formula is C20H21F2NO2. The molecule has 1 aliphatic rings. The van der Waals surface area contributed by atoms with Crippen LogP contribution in [0, 0.1) is 17.6 Å². The average Bonchev–Trinajstić information content (AvgIpc) is 2.60. The highest BCUT2D eigenvalue weighted by Crippen LogP contribution is 2.24. The van der Waals surface area contributed by atoms with Crippen molar-refractivity contribution in [3.63, 3.8) is 0 Å². The molecule has 132 valence electrons. The predicted octanol–water partition coefficient (Wildman–Crippen LogP) is 4.12. The molecule has 0 radical (unpaired) electrons. The predicted molar refractivity (Wildman–Crippen MR) is 91.5 cm³/mol. The lowest BCUT2D eigenvalue weighted by Gasteiger charge is -2.32. The van der Waals surface area contributed by atoms with Crippen LogP contribution in [-0.4, -0.2) is 29.1 Å². The molecule has 0 aliphatic carbocycles. The summed E-state index contributed by atoms with van der Waals surface area (Å²) >= 11 is 0. The average molecular weight is 345 g/mol. The van der Waals surface area contributed by atoms with E-state index in [1.807, 2.05) is 6.07 Å². The first-order chi connectivity index (χ1) is 12.0. The van der Waals surface area contributed by atoms with Crippen LogP contribution in [-0.2, 0) is 13.0 Å². The fraction of sp³-hybridized carbons (Fsp3) is 0.350. The molecule has 1 aliphatic heterocycles. The quantitative estimate of drug-likeness (QED) is 0.886. The number of nitrogens with zero attached hydrogens (tertiary/aromatic N) is 1. The van der Waals surface area contributed by atoms with Gasteiger partial charge in [-0.05, 0) is 79.7 Å². The number of aromatic carboxylic acids is 1. The number of piperidine rings is 1.